The van der Waals surface area contributed by atoms with E-state index < -0.39 is 11.5 Å². The Morgan fingerprint density at radius 1 is 1.15 bits per heavy atom. The third-order valence-corrected chi connectivity index (χ3v) is 7.63. The number of halogens is 2. The lowest BCUT2D eigenvalue weighted by molar-refractivity contribution is 0.0521. The minimum absolute atomic E-state index is 0.188. The maximum absolute atomic E-state index is 14.4. The van der Waals surface area contributed by atoms with Gasteiger partial charge in [0.15, 0.2) is 0 Å². The summed E-state index contributed by atoms with van der Waals surface area (Å²) in [6, 6.07) is 10.7. The van der Waals surface area contributed by atoms with Crippen molar-refractivity contribution in [3.05, 3.63) is 65.5 Å². The van der Waals surface area contributed by atoms with Crippen molar-refractivity contribution >= 4 is 23.2 Å². The lowest BCUT2D eigenvalue weighted by atomic mass is 9.92. The zero-order chi connectivity index (χ0) is 23.7. The number of nitrogens with one attached hydrogen (secondary N) is 1. The molecular weight excluding hydrogens is 457 g/mol. The van der Waals surface area contributed by atoms with Crippen molar-refractivity contribution in [1.82, 2.24) is 24.5 Å². The number of imidazole rings is 1. The van der Waals surface area contributed by atoms with E-state index in [1.807, 2.05) is 18.2 Å². The van der Waals surface area contributed by atoms with Gasteiger partial charge in [-0.1, -0.05) is 35.9 Å². The molecule has 0 spiro atoms. The molecule has 1 aromatic carbocycles. The Bertz CT molecular complexity index is 1450. The average molecular weight is 480 g/mol. The molecule has 2 aliphatic rings. The Morgan fingerprint density at radius 2 is 1.88 bits per heavy atom. The van der Waals surface area contributed by atoms with Crippen LogP contribution in [0.25, 0.3) is 28.0 Å². The molecule has 2 N–H and O–H groups in total. The van der Waals surface area contributed by atoms with Crippen molar-refractivity contribution in [3.8, 4) is 22.4 Å². The van der Waals surface area contributed by atoms with Gasteiger partial charge in [-0.25, -0.2) is 4.98 Å². The fraction of sp³-hybridized carbons (Fsp3) is 0.320. The molecule has 2 bridgehead atoms. The third-order valence-electron chi connectivity index (χ3n) is 7.27. The molecule has 0 unspecified atom stereocenters. The first-order valence-electron chi connectivity index (χ1n) is 11.3. The number of aliphatic hydroxyl groups is 1. The minimum atomic E-state index is -0.635. The molecule has 0 radical (unpaired) electrons. The Hall–Kier alpha value is -3.23. The number of aryl methyl sites for hydroxylation is 1. The van der Waals surface area contributed by atoms with E-state index in [-0.39, 0.29) is 11.4 Å². The van der Waals surface area contributed by atoms with Crippen LogP contribution in [0.5, 0.6) is 0 Å². The second kappa shape index (κ2) is 7.38. The number of hydrogen-bond acceptors (Lipinski definition) is 4. The number of benzene rings is 1. The first kappa shape index (κ1) is 21.3. The molecule has 0 aliphatic heterocycles. The molecule has 34 heavy (non-hydrogen) atoms. The molecule has 2 fully saturated rings. The van der Waals surface area contributed by atoms with E-state index in [1.165, 1.54) is 4.68 Å². The van der Waals surface area contributed by atoms with Crippen molar-refractivity contribution in [1.29, 1.82) is 0 Å². The van der Waals surface area contributed by atoms with E-state index in [1.54, 1.807) is 42.0 Å². The fourth-order valence-electron chi connectivity index (χ4n) is 5.55. The van der Waals surface area contributed by atoms with E-state index in [0.29, 0.717) is 45.2 Å². The maximum atomic E-state index is 14.4. The summed E-state index contributed by atoms with van der Waals surface area (Å²) < 4.78 is 17.6. The first-order valence-corrected chi connectivity index (χ1v) is 11.7. The molecule has 0 atom stereocenters. The Kier molecular flexibility index (Phi) is 4.63. The van der Waals surface area contributed by atoms with Crippen molar-refractivity contribution < 1.29 is 14.3 Å². The molecule has 3 aromatic heterocycles. The number of carbonyl (C=O) groups excluding carboxylic acids is 1. The summed E-state index contributed by atoms with van der Waals surface area (Å²) in [4.78, 5) is 17.8. The molecule has 0 saturated heterocycles. The lowest BCUT2D eigenvalue weighted by Crippen LogP contribution is -2.45. The van der Waals surface area contributed by atoms with Crippen molar-refractivity contribution in [2.24, 2.45) is 7.05 Å². The summed E-state index contributed by atoms with van der Waals surface area (Å²) in [7, 11) is 1.66. The molecular formula is C25H23ClFN5O2. The lowest BCUT2D eigenvalue weighted by Gasteiger charge is -2.27. The number of carbonyl (C=O) groups is 1. The van der Waals surface area contributed by atoms with Crippen molar-refractivity contribution in [3.63, 3.8) is 0 Å². The van der Waals surface area contributed by atoms with Gasteiger partial charge < -0.3 is 10.4 Å². The van der Waals surface area contributed by atoms with Gasteiger partial charge in [0, 0.05) is 36.1 Å². The van der Waals surface area contributed by atoms with Crippen LogP contribution in [0.15, 0.2) is 48.8 Å². The van der Waals surface area contributed by atoms with Gasteiger partial charge in [-0.2, -0.15) is 4.39 Å². The van der Waals surface area contributed by atoms with Crippen LogP contribution in [-0.2, 0) is 7.05 Å². The maximum Gasteiger partial charge on any atom is 0.251 e. The van der Waals surface area contributed by atoms with Crippen LogP contribution in [0.3, 0.4) is 0 Å². The summed E-state index contributed by atoms with van der Waals surface area (Å²) in [5.74, 6) is -0.758. The largest absolute Gasteiger partial charge is 0.390 e. The normalized spacial score (nSPS) is 23.6. The molecule has 9 heteroatoms. The van der Waals surface area contributed by atoms with Gasteiger partial charge in [-0.05, 0) is 49.8 Å². The fourth-order valence-corrected chi connectivity index (χ4v) is 5.84. The average Bonchev–Trinajstić information content (AvgIpc) is 3.53. The topological polar surface area (TPSA) is 84.5 Å². The van der Waals surface area contributed by atoms with E-state index in [9.17, 15) is 14.3 Å². The highest BCUT2D eigenvalue weighted by Gasteiger charge is 2.54. The van der Waals surface area contributed by atoms with Gasteiger partial charge in [0.2, 0.25) is 5.95 Å². The van der Waals surface area contributed by atoms with E-state index >= 15 is 0 Å². The molecule has 2 saturated carbocycles. The Labute approximate surface area is 200 Å². The number of amides is 1. The number of pyridine rings is 1. The summed E-state index contributed by atoms with van der Waals surface area (Å²) in [5, 5.41) is 17.8. The highest BCUT2D eigenvalue weighted by Crippen LogP contribution is 2.50. The number of aromatic nitrogens is 4. The van der Waals surface area contributed by atoms with Gasteiger partial charge in [-0.3, -0.25) is 13.9 Å². The molecule has 7 nitrogen and oxygen atoms in total. The van der Waals surface area contributed by atoms with E-state index in [0.717, 1.165) is 25.7 Å². The standard InChI is InChI=1S/C25H23ClFN5O2/c1-31-13-18(22(27)30-31)16-4-2-3-5-17(16)20-21(26)32-11-6-15(12-19(32)28-20)23(33)29-24-7-9-25(34,14-24)10-8-24/h2-6,11-13,34H,7-10,14H2,1H3,(H,29,33). The summed E-state index contributed by atoms with van der Waals surface area (Å²) in [6.45, 7) is 0. The van der Waals surface area contributed by atoms with E-state index in [4.69, 9.17) is 16.6 Å². The number of fused-ring (bicyclic) bond motifs is 3. The smallest absolute Gasteiger partial charge is 0.251 e. The van der Waals surface area contributed by atoms with Crippen molar-refractivity contribution in [2.75, 3.05) is 0 Å². The molecule has 3 heterocycles. The SMILES string of the molecule is Cn1cc(-c2ccccc2-c2nc3cc(C(=O)NC45CCC(O)(CC4)C5)ccn3c2Cl)c(F)n1. The zero-order valence-electron chi connectivity index (χ0n) is 18.6. The molecule has 4 aromatic rings. The van der Waals surface area contributed by atoms with Crippen LogP contribution in [0.2, 0.25) is 5.15 Å². The van der Waals surface area contributed by atoms with Crippen LogP contribution >= 0.6 is 11.6 Å². The monoisotopic (exact) mass is 479 g/mol. The molecule has 2 aliphatic carbocycles. The Morgan fingerprint density at radius 3 is 2.53 bits per heavy atom. The Balaban J connectivity index is 1.36. The van der Waals surface area contributed by atoms with Gasteiger partial charge in [0.1, 0.15) is 16.5 Å². The number of hydrogen-bond donors (Lipinski definition) is 2. The summed E-state index contributed by atoms with van der Waals surface area (Å²) >= 11 is 6.69. The second-order valence-corrected chi connectivity index (χ2v) is 9.94. The summed E-state index contributed by atoms with van der Waals surface area (Å²) in [6.07, 6.45) is 6.97. The predicted octanol–water partition coefficient (Wildman–Crippen LogP) is 4.37. The van der Waals surface area contributed by atoms with Gasteiger partial charge in [0.25, 0.3) is 5.91 Å². The van der Waals surface area contributed by atoms with Crippen LogP contribution in [0, 0.1) is 5.95 Å². The van der Waals surface area contributed by atoms with Crippen LogP contribution in [0.1, 0.15) is 42.5 Å². The van der Waals surface area contributed by atoms with Gasteiger partial charge >= 0.3 is 0 Å². The highest BCUT2D eigenvalue weighted by atomic mass is 35.5. The first-order chi connectivity index (χ1) is 16.3. The van der Waals surface area contributed by atoms with Crippen LogP contribution in [-0.4, -0.2) is 41.3 Å². The zero-order valence-corrected chi connectivity index (χ0v) is 19.3. The van der Waals surface area contributed by atoms with Gasteiger partial charge in [-0.15, -0.1) is 5.10 Å². The molecule has 174 valence electrons. The van der Waals surface area contributed by atoms with E-state index in [2.05, 4.69) is 10.4 Å². The number of nitrogens with zero attached hydrogens (tertiary/aromatic N) is 4. The van der Waals surface area contributed by atoms with Crippen LogP contribution in [0.4, 0.5) is 4.39 Å². The van der Waals surface area contributed by atoms with Crippen LogP contribution < -0.4 is 5.32 Å². The predicted molar refractivity (Wildman–Crippen MR) is 126 cm³/mol. The molecule has 1 amide bonds. The molecule has 6 rings (SSSR count). The highest BCUT2D eigenvalue weighted by molar-refractivity contribution is 6.32. The quantitative estimate of drug-likeness (QED) is 0.455. The minimum Gasteiger partial charge on any atom is -0.390 e. The van der Waals surface area contributed by atoms with Gasteiger partial charge in [0.05, 0.1) is 11.2 Å². The number of rotatable bonds is 4. The second-order valence-electron chi connectivity index (χ2n) is 9.58. The van der Waals surface area contributed by atoms with Crippen molar-refractivity contribution in [2.45, 2.75) is 43.2 Å². The third kappa shape index (κ3) is 3.32. The summed E-state index contributed by atoms with van der Waals surface area (Å²) in [5.41, 5.74) is 2.18.